The van der Waals surface area contributed by atoms with Crippen molar-refractivity contribution in [2.45, 2.75) is 18.9 Å². The summed E-state index contributed by atoms with van der Waals surface area (Å²) in [5.41, 5.74) is 3.81. The van der Waals surface area contributed by atoms with Crippen LogP contribution in [0.4, 0.5) is 0 Å². The van der Waals surface area contributed by atoms with Gasteiger partial charge in [0, 0.05) is 36.3 Å². The van der Waals surface area contributed by atoms with E-state index in [1.54, 1.807) is 6.07 Å². The topological polar surface area (TPSA) is 34.0 Å². The number of hydrogen-bond donors (Lipinski definition) is 1. The Morgan fingerprint density at radius 1 is 1.05 bits per heavy atom. The highest BCUT2D eigenvalue weighted by Crippen LogP contribution is 2.37. The molecule has 4 rings (SSSR count). The molecule has 3 heteroatoms. The van der Waals surface area contributed by atoms with E-state index in [2.05, 4.69) is 29.6 Å². The molecule has 2 atom stereocenters. The van der Waals surface area contributed by atoms with Crippen LogP contribution in [0.2, 0.25) is 0 Å². The fraction of sp³-hybridized carbons (Fsp3) is 0.353. The average Bonchev–Trinajstić information content (AvgIpc) is 2.50. The molecule has 0 saturated carbocycles. The molecule has 1 saturated heterocycles. The predicted molar refractivity (Wildman–Crippen MR) is 79.9 cm³/mol. The van der Waals surface area contributed by atoms with Gasteiger partial charge in [-0.25, -0.2) is 0 Å². The molecular formula is C17H18N2O. The van der Waals surface area contributed by atoms with Gasteiger partial charge >= 0.3 is 0 Å². The second-order valence-electron chi connectivity index (χ2n) is 5.90. The van der Waals surface area contributed by atoms with Crippen molar-refractivity contribution < 1.29 is 0 Å². The summed E-state index contributed by atoms with van der Waals surface area (Å²) in [5.74, 6) is 1.07. The van der Waals surface area contributed by atoms with Gasteiger partial charge < -0.3 is 9.88 Å². The van der Waals surface area contributed by atoms with Crippen LogP contribution in [0.25, 0.3) is 11.1 Å². The lowest BCUT2D eigenvalue weighted by molar-refractivity contribution is 0.258. The van der Waals surface area contributed by atoms with Crippen molar-refractivity contribution in [3.63, 3.8) is 0 Å². The normalized spacial score (nSPS) is 24.2. The van der Waals surface area contributed by atoms with Crippen molar-refractivity contribution in [1.29, 1.82) is 0 Å². The number of pyridine rings is 1. The molecule has 2 aromatic rings. The largest absolute Gasteiger partial charge is 0.316 e. The maximum atomic E-state index is 12.2. The summed E-state index contributed by atoms with van der Waals surface area (Å²) < 4.78 is 2.02. The van der Waals surface area contributed by atoms with Crippen molar-refractivity contribution >= 4 is 0 Å². The van der Waals surface area contributed by atoms with Gasteiger partial charge in [0.1, 0.15) is 0 Å². The number of fused-ring (bicyclic) bond motifs is 4. The molecule has 1 aromatic heterocycles. The molecule has 102 valence electrons. The zero-order chi connectivity index (χ0) is 13.5. The minimum absolute atomic E-state index is 0.149. The molecule has 0 amide bonds. The van der Waals surface area contributed by atoms with Crippen molar-refractivity contribution in [1.82, 2.24) is 9.88 Å². The Labute approximate surface area is 118 Å². The van der Waals surface area contributed by atoms with Gasteiger partial charge in [0.25, 0.3) is 5.56 Å². The van der Waals surface area contributed by atoms with Gasteiger partial charge in [0.15, 0.2) is 0 Å². The summed E-state index contributed by atoms with van der Waals surface area (Å²) in [7, 11) is 0. The van der Waals surface area contributed by atoms with Crippen molar-refractivity contribution in [2.75, 3.05) is 13.1 Å². The number of aromatic nitrogens is 1. The van der Waals surface area contributed by atoms with Crippen LogP contribution < -0.4 is 10.9 Å². The maximum absolute atomic E-state index is 12.2. The number of nitrogens with zero attached hydrogens (tertiary/aromatic N) is 1. The average molecular weight is 266 g/mol. The first-order valence-electron chi connectivity index (χ1n) is 7.33. The van der Waals surface area contributed by atoms with Gasteiger partial charge in [0.05, 0.1) is 0 Å². The van der Waals surface area contributed by atoms with E-state index in [0.717, 1.165) is 19.6 Å². The van der Waals surface area contributed by atoms with E-state index in [-0.39, 0.29) is 5.56 Å². The quantitative estimate of drug-likeness (QED) is 0.858. The van der Waals surface area contributed by atoms with E-state index in [9.17, 15) is 4.79 Å². The Hall–Kier alpha value is -1.87. The highest BCUT2D eigenvalue weighted by molar-refractivity contribution is 5.66. The lowest BCUT2D eigenvalue weighted by Crippen LogP contribution is -2.45. The number of benzene rings is 1. The predicted octanol–water partition coefficient (Wildman–Crippen LogP) is 2.22. The molecule has 1 N–H and O–H groups in total. The zero-order valence-corrected chi connectivity index (χ0v) is 11.4. The van der Waals surface area contributed by atoms with E-state index < -0.39 is 0 Å². The highest BCUT2D eigenvalue weighted by Gasteiger charge is 2.32. The fourth-order valence-electron chi connectivity index (χ4n) is 3.72. The van der Waals surface area contributed by atoms with E-state index >= 15 is 0 Å². The third-order valence-electron chi connectivity index (χ3n) is 4.58. The SMILES string of the molecule is O=c1ccc(-c2ccccc2)c2n1C[C@@H]1CNC[C@@H]2C1. The molecule has 2 aliphatic rings. The van der Waals surface area contributed by atoms with Gasteiger partial charge in [-0.05, 0) is 30.5 Å². The van der Waals surface area contributed by atoms with Crippen molar-refractivity contribution in [3.8, 4) is 11.1 Å². The third kappa shape index (κ3) is 1.81. The van der Waals surface area contributed by atoms with E-state index in [0.29, 0.717) is 11.8 Å². The number of rotatable bonds is 1. The molecule has 1 fully saturated rings. The van der Waals surface area contributed by atoms with Gasteiger partial charge in [-0.3, -0.25) is 4.79 Å². The Bertz CT molecular complexity index is 690. The molecule has 1 aromatic carbocycles. The Morgan fingerprint density at radius 2 is 1.90 bits per heavy atom. The molecule has 0 radical (unpaired) electrons. The van der Waals surface area contributed by atoms with Crippen LogP contribution in [0.15, 0.2) is 47.3 Å². The summed E-state index contributed by atoms with van der Waals surface area (Å²) in [6.07, 6.45) is 1.20. The summed E-state index contributed by atoms with van der Waals surface area (Å²) in [6, 6.07) is 14.1. The van der Waals surface area contributed by atoms with Crippen LogP contribution in [0.5, 0.6) is 0 Å². The summed E-state index contributed by atoms with van der Waals surface area (Å²) >= 11 is 0. The molecule has 0 spiro atoms. The van der Waals surface area contributed by atoms with Gasteiger partial charge in [-0.15, -0.1) is 0 Å². The van der Waals surface area contributed by atoms with Crippen LogP contribution in [-0.4, -0.2) is 17.7 Å². The summed E-state index contributed by atoms with van der Waals surface area (Å²) in [4.78, 5) is 12.2. The Morgan fingerprint density at radius 3 is 2.75 bits per heavy atom. The second-order valence-corrected chi connectivity index (χ2v) is 5.90. The first-order chi connectivity index (χ1) is 9.83. The number of nitrogens with one attached hydrogen (secondary N) is 1. The molecule has 0 aliphatic carbocycles. The number of hydrogen-bond acceptors (Lipinski definition) is 2. The fourth-order valence-corrected chi connectivity index (χ4v) is 3.72. The molecule has 2 bridgehead atoms. The minimum atomic E-state index is 0.149. The smallest absolute Gasteiger partial charge is 0.250 e. The van der Waals surface area contributed by atoms with Crippen LogP contribution in [0.1, 0.15) is 18.0 Å². The molecule has 3 nitrogen and oxygen atoms in total. The maximum Gasteiger partial charge on any atom is 0.250 e. The number of piperidine rings is 1. The first kappa shape index (κ1) is 11.9. The Kier molecular flexibility index (Phi) is 2.74. The van der Waals surface area contributed by atoms with E-state index in [1.807, 2.05) is 16.7 Å². The molecule has 20 heavy (non-hydrogen) atoms. The van der Waals surface area contributed by atoms with Gasteiger partial charge in [0.2, 0.25) is 0 Å². The van der Waals surface area contributed by atoms with Crippen molar-refractivity contribution in [3.05, 3.63) is 58.5 Å². The van der Waals surface area contributed by atoms with Crippen LogP contribution in [0, 0.1) is 5.92 Å². The molecule has 0 unspecified atom stereocenters. The molecule has 3 heterocycles. The molecule has 2 aliphatic heterocycles. The third-order valence-corrected chi connectivity index (χ3v) is 4.58. The standard InChI is InChI=1S/C17H18N2O/c20-16-7-6-15(13-4-2-1-3-5-13)17-14-8-12(9-18-10-14)11-19(16)17/h1-7,12,14,18H,8-11H2/t12-,14-/m0/s1. The summed E-state index contributed by atoms with van der Waals surface area (Å²) in [6.45, 7) is 2.88. The molecular weight excluding hydrogens is 248 g/mol. The lowest BCUT2D eigenvalue weighted by Gasteiger charge is -2.38. The van der Waals surface area contributed by atoms with Crippen molar-refractivity contribution in [2.24, 2.45) is 5.92 Å². The van der Waals surface area contributed by atoms with Crippen LogP contribution in [-0.2, 0) is 6.54 Å². The minimum Gasteiger partial charge on any atom is -0.316 e. The first-order valence-corrected chi connectivity index (χ1v) is 7.33. The van der Waals surface area contributed by atoms with E-state index in [1.165, 1.54) is 23.2 Å². The highest BCUT2D eigenvalue weighted by atomic mass is 16.1. The lowest BCUT2D eigenvalue weighted by atomic mass is 9.81. The van der Waals surface area contributed by atoms with Crippen LogP contribution in [0.3, 0.4) is 0 Å². The Balaban J connectivity index is 1.94. The van der Waals surface area contributed by atoms with Gasteiger partial charge in [-0.2, -0.15) is 0 Å². The van der Waals surface area contributed by atoms with Gasteiger partial charge in [-0.1, -0.05) is 30.3 Å². The zero-order valence-electron chi connectivity index (χ0n) is 11.4. The van der Waals surface area contributed by atoms with E-state index in [4.69, 9.17) is 0 Å². The summed E-state index contributed by atoms with van der Waals surface area (Å²) in [5, 5.41) is 3.51. The van der Waals surface area contributed by atoms with Crippen LogP contribution >= 0.6 is 0 Å². The second kappa shape index (κ2) is 4.60. The monoisotopic (exact) mass is 266 g/mol.